The summed E-state index contributed by atoms with van der Waals surface area (Å²) >= 11 is 0. The summed E-state index contributed by atoms with van der Waals surface area (Å²) in [4.78, 5) is 32.2. The quantitative estimate of drug-likeness (QED) is 0.148. The molecule has 1 aliphatic carbocycles. The lowest BCUT2D eigenvalue weighted by atomic mass is 9.80. The first-order valence-electron chi connectivity index (χ1n) is 17.5. The van der Waals surface area contributed by atoms with Gasteiger partial charge in [-0.2, -0.15) is 23.5 Å². The molecule has 0 spiro atoms. The minimum atomic E-state index is -4.64. The van der Waals surface area contributed by atoms with Gasteiger partial charge >= 0.3 is 6.18 Å². The van der Waals surface area contributed by atoms with E-state index in [0.717, 1.165) is 22.6 Å². The van der Waals surface area contributed by atoms with E-state index in [0.29, 0.717) is 46.7 Å². The summed E-state index contributed by atoms with van der Waals surface area (Å²) in [5.74, 6) is 0.692. The van der Waals surface area contributed by atoms with Crippen LogP contribution in [0.5, 0.6) is 0 Å². The van der Waals surface area contributed by atoms with E-state index < -0.39 is 33.3 Å². The number of halogens is 3. The maximum atomic E-state index is 14.0. The number of amides is 1. The highest BCUT2D eigenvalue weighted by Gasteiger charge is 2.37. The average molecular weight is 803 g/mol. The van der Waals surface area contributed by atoms with Crippen molar-refractivity contribution in [3.05, 3.63) is 136 Å². The molecule has 0 atom stereocenters. The number of benzene rings is 3. The molecule has 3 aromatic carbocycles. The van der Waals surface area contributed by atoms with Gasteiger partial charge in [-0.05, 0) is 73.5 Å². The number of oxazole rings is 1. The first kappa shape index (κ1) is 40.4. The number of nitrogens with zero attached hydrogens (tertiary/aromatic N) is 7. The van der Waals surface area contributed by atoms with E-state index in [2.05, 4.69) is 21.5 Å². The van der Waals surface area contributed by atoms with Crippen LogP contribution in [0.25, 0.3) is 22.8 Å². The maximum Gasteiger partial charge on any atom is 0.416 e. The van der Waals surface area contributed by atoms with Crippen LogP contribution < -0.4 is 10.9 Å². The Bertz CT molecular complexity index is 2610. The van der Waals surface area contributed by atoms with Crippen molar-refractivity contribution in [2.24, 2.45) is 7.05 Å². The zero-order chi connectivity index (χ0) is 41.3. The molecule has 18 heteroatoms. The van der Waals surface area contributed by atoms with Crippen LogP contribution in [0.15, 0.2) is 111 Å². The summed E-state index contributed by atoms with van der Waals surface area (Å²) in [7, 11) is 3.39. The van der Waals surface area contributed by atoms with Crippen LogP contribution in [0.2, 0.25) is 0 Å². The Hall–Kier alpha value is -6.29. The largest absolute Gasteiger partial charge is 0.744 e. The number of carbonyl (C=O) groups excluding carboxylic acids is 1. The van der Waals surface area contributed by atoms with Crippen molar-refractivity contribution in [2.45, 2.75) is 42.4 Å². The molecule has 6 aromatic rings. The molecule has 1 amide bonds. The lowest BCUT2D eigenvalue weighted by Crippen LogP contribution is -2.44. The predicted molar refractivity (Wildman–Crippen MR) is 199 cm³/mol. The summed E-state index contributed by atoms with van der Waals surface area (Å²) < 4.78 is 82.3. The van der Waals surface area contributed by atoms with Crippen LogP contribution in [0.1, 0.15) is 51.9 Å². The Morgan fingerprint density at radius 2 is 1.70 bits per heavy atom. The number of nitrogens with one attached hydrogen (secondary N) is 1. The topological polar surface area (TPSA) is 181 Å². The molecule has 0 unspecified atom stereocenters. The fourth-order valence-corrected chi connectivity index (χ4v) is 6.90. The summed E-state index contributed by atoms with van der Waals surface area (Å²) in [5, 5.41) is 16.5. The van der Waals surface area contributed by atoms with Crippen LogP contribution in [0.3, 0.4) is 0 Å². The van der Waals surface area contributed by atoms with Gasteiger partial charge in [-0.3, -0.25) is 14.3 Å². The molecule has 296 valence electrons. The zero-order valence-corrected chi connectivity index (χ0v) is 32.0. The maximum absolute atomic E-state index is 14.0. The van der Waals surface area contributed by atoms with Gasteiger partial charge < -0.3 is 18.8 Å². The Morgan fingerprint density at radius 3 is 2.30 bits per heavy atom. The van der Waals surface area contributed by atoms with Crippen molar-refractivity contribution >= 4 is 16.0 Å². The summed E-state index contributed by atoms with van der Waals surface area (Å²) in [6.45, 7) is 0.674. The molecule has 57 heavy (non-hydrogen) atoms. The van der Waals surface area contributed by atoms with Gasteiger partial charge in [-0.15, -0.1) is 0 Å². The van der Waals surface area contributed by atoms with Crippen LogP contribution in [0, 0.1) is 11.3 Å². The van der Waals surface area contributed by atoms with Crippen molar-refractivity contribution < 1.29 is 39.8 Å². The van der Waals surface area contributed by atoms with Crippen LogP contribution >= 0.6 is 0 Å². The summed E-state index contributed by atoms with van der Waals surface area (Å²) in [5.41, 5.74) is -0.554. The third-order valence-corrected chi connectivity index (χ3v) is 9.94. The first-order chi connectivity index (χ1) is 26.8. The number of hydrogen-bond donors (Lipinski definition) is 1. The molecule has 0 bridgehead atoms. The Labute approximate surface area is 325 Å². The van der Waals surface area contributed by atoms with Crippen molar-refractivity contribution in [1.29, 1.82) is 5.26 Å². The first-order valence-corrected chi connectivity index (χ1v) is 18.9. The standard InChI is InChI=1S/C33H31F3N8O3.C6H6O3S/c1-41-29(27-12-13-39-42(27)24-10-8-20(17-37)9-11-24)28(32(46)43(41)25-7-5-6-22(16-25)33(34,35)36)30(45)40-23-14-21(15-23)31-38-18-26(47-31)19-44(2,3)4;7-10(8,9)6-4-2-1-3-5-6/h5-13,16,18,21,23H,14-15,19H2,1-4H3;1-5H,(H,7,8,9). The van der Waals surface area contributed by atoms with Gasteiger partial charge in [-0.25, -0.2) is 22.8 Å². The van der Waals surface area contributed by atoms with E-state index in [4.69, 9.17) is 4.42 Å². The molecule has 3 aromatic heterocycles. The average Bonchev–Trinajstić information content (AvgIpc) is 3.86. The number of nitriles is 1. The summed E-state index contributed by atoms with van der Waals surface area (Å²) in [6.07, 6.45) is -0.347. The van der Waals surface area contributed by atoms with Crippen molar-refractivity contribution in [3.63, 3.8) is 0 Å². The molecule has 14 nitrogen and oxygen atoms in total. The number of alkyl halides is 3. The normalized spacial score (nSPS) is 15.6. The lowest BCUT2D eigenvalue weighted by molar-refractivity contribution is -0.884. The van der Waals surface area contributed by atoms with E-state index in [1.54, 1.807) is 42.6 Å². The van der Waals surface area contributed by atoms with Crippen molar-refractivity contribution in [1.82, 2.24) is 29.4 Å². The predicted octanol–water partition coefficient (Wildman–Crippen LogP) is 5.38. The minimum Gasteiger partial charge on any atom is -0.744 e. The molecule has 7 rings (SSSR count). The second-order valence-electron chi connectivity index (χ2n) is 14.4. The van der Waals surface area contributed by atoms with Gasteiger partial charge in [0.15, 0.2) is 11.7 Å². The van der Waals surface area contributed by atoms with Gasteiger partial charge in [0.1, 0.15) is 27.9 Å². The number of rotatable bonds is 9. The molecule has 3 heterocycles. The van der Waals surface area contributed by atoms with Gasteiger partial charge in [0.25, 0.3) is 11.5 Å². The number of carbonyl (C=O) groups is 1. The molecule has 1 fully saturated rings. The van der Waals surface area contributed by atoms with Gasteiger partial charge in [0.2, 0.25) is 0 Å². The Kier molecular flexibility index (Phi) is 11.1. The van der Waals surface area contributed by atoms with Gasteiger partial charge in [0, 0.05) is 19.0 Å². The van der Waals surface area contributed by atoms with Gasteiger partial charge in [0.05, 0.1) is 72.7 Å². The lowest BCUT2D eigenvalue weighted by Gasteiger charge is -2.33. The monoisotopic (exact) mass is 802 g/mol. The molecule has 1 aliphatic rings. The second-order valence-corrected chi connectivity index (χ2v) is 15.8. The fourth-order valence-electron chi connectivity index (χ4n) is 6.41. The number of aromatic nitrogens is 5. The Balaban J connectivity index is 0.000000479. The molecule has 0 radical (unpaired) electrons. The molecule has 0 saturated heterocycles. The highest BCUT2D eigenvalue weighted by molar-refractivity contribution is 7.85. The fraction of sp³-hybridized carbons (Fsp3) is 0.256. The SMILES string of the molecule is Cn1c(-c2ccnn2-c2ccc(C#N)cc2)c(C(=O)NC2CC(c3ncc(C[N+](C)(C)C)o3)C2)c(=O)n1-c1cccc(C(F)(F)F)c1.O=S(=O)([O-])c1ccccc1. The van der Waals surface area contributed by atoms with E-state index in [1.807, 2.05) is 21.1 Å². The third kappa shape index (κ3) is 9.07. The van der Waals surface area contributed by atoms with E-state index in [9.17, 15) is 41.0 Å². The van der Waals surface area contributed by atoms with E-state index in [1.165, 1.54) is 59.0 Å². The highest BCUT2D eigenvalue weighted by atomic mass is 32.2. The van der Waals surface area contributed by atoms with Crippen LogP contribution in [-0.4, -0.2) is 74.7 Å². The Morgan fingerprint density at radius 1 is 1.02 bits per heavy atom. The molecular formula is C39H37F3N8O6S. The molecule has 1 N–H and O–H groups in total. The molecule has 1 saturated carbocycles. The van der Waals surface area contributed by atoms with Crippen LogP contribution in [0.4, 0.5) is 13.2 Å². The number of hydrogen-bond acceptors (Lipinski definition) is 9. The van der Waals surface area contributed by atoms with Crippen molar-refractivity contribution in [2.75, 3.05) is 21.1 Å². The minimum absolute atomic E-state index is 0.00339. The van der Waals surface area contributed by atoms with E-state index >= 15 is 0 Å². The third-order valence-electron chi connectivity index (χ3n) is 9.09. The van der Waals surface area contributed by atoms with Crippen LogP contribution in [-0.2, 0) is 29.9 Å². The second kappa shape index (κ2) is 15.7. The van der Waals surface area contributed by atoms with Gasteiger partial charge in [-0.1, -0.05) is 24.3 Å². The zero-order valence-electron chi connectivity index (χ0n) is 31.1. The van der Waals surface area contributed by atoms with Crippen molar-refractivity contribution in [3.8, 4) is 28.8 Å². The van der Waals surface area contributed by atoms with E-state index in [-0.39, 0.29) is 33.8 Å². The smallest absolute Gasteiger partial charge is 0.416 e. The summed E-state index contributed by atoms with van der Waals surface area (Å²) in [6, 6.07) is 21.5. The number of quaternary nitrogens is 1. The highest BCUT2D eigenvalue weighted by Crippen LogP contribution is 2.37. The molecular weight excluding hydrogens is 766 g/mol. The molecule has 0 aliphatic heterocycles.